The molecule has 6 rings (SSSR count). The van der Waals surface area contributed by atoms with Crippen LogP contribution in [0.2, 0.25) is 0 Å². The number of carbonyl (C=O) groups excluding carboxylic acids is 1. The zero-order valence-corrected chi connectivity index (χ0v) is 24.3. The van der Waals surface area contributed by atoms with E-state index >= 15 is 0 Å². The van der Waals surface area contributed by atoms with E-state index in [0.29, 0.717) is 29.4 Å². The van der Waals surface area contributed by atoms with Gasteiger partial charge in [0.15, 0.2) is 0 Å². The number of aliphatic imine (C=N–C) groups is 1. The number of carbonyl (C=O) groups is 1. The Labute approximate surface area is 246 Å². The molecule has 3 aromatic rings. The second-order valence-electron chi connectivity index (χ2n) is 11.9. The van der Waals surface area contributed by atoms with Gasteiger partial charge in [0.05, 0.1) is 6.54 Å². The van der Waals surface area contributed by atoms with Crippen LogP contribution in [0.25, 0.3) is 0 Å². The average Bonchev–Trinajstić information content (AvgIpc) is 3.39. The first-order valence-electron chi connectivity index (χ1n) is 14.9. The maximum atomic E-state index is 13.9. The highest BCUT2D eigenvalue weighted by Gasteiger charge is 2.25. The molecule has 6 nitrogen and oxygen atoms in total. The highest BCUT2D eigenvalue weighted by atomic mass is 19.1. The van der Waals surface area contributed by atoms with Crippen molar-refractivity contribution >= 4 is 17.4 Å². The third-order valence-electron chi connectivity index (χ3n) is 8.96. The fourth-order valence-electron chi connectivity index (χ4n) is 6.26. The van der Waals surface area contributed by atoms with Gasteiger partial charge in [0, 0.05) is 68.2 Å². The van der Waals surface area contributed by atoms with Crippen LogP contribution in [0.15, 0.2) is 59.6 Å². The van der Waals surface area contributed by atoms with Gasteiger partial charge in [-0.3, -0.25) is 9.79 Å². The number of amidine groups is 1. The Morgan fingerprint density at radius 1 is 0.976 bits per heavy atom. The molecule has 0 spiro atoms. The predicted molar refractivity (Wildman–Crippen MR) is 161 cm³/mol. The van der Waals surface area contributed by atoms with Crippen LogP contribution in [0, 0.1) is 17.6 Å². The number of amides is 1. The predicted octanol–water partition coefficient (Wildman–Crippen LogP) is 5.53. The van der Waals surface area contributed by atoms with Crippen molar-refractivity contribution in [2.75, 3.05) is 51.3 Å². The number of likely N-dealkylation sites (N-methyl/N-ethyl adjacent to an activating group) is 1. The van der Waals surface area contributed by atoms with Crippen LogP contribution in [0.5, 0.6) is 0 Å². The number of anilines is 1. The van der Waals surface area contributed by atoms with Crippen molar-refractivity contribution in [1.82, 2.24) is 10.2 Å². The normalized spacial score (nSPS) is 18.5. The van der Waals surface area contributed by atoms with Crippen molar-refractivity contribution in [3.63, 3.8) is 0 Å². The van der Waals surface area contributed by atoms with Crippen LogP contribution in [0.4, 0.5) is 14.5 Å². The number of nitrogens with one attached hydrogen (secondary N) is 1. The summed E-state index contributed by atoms with van der Waals surface area (Å²) in [7, 11) is 2.15. The Hall–Kier alpha value is -3.62. The molecule has 1 N–H and O–H groups in total. The number of hydrogen-bond donors (Lipinski definition) is 1. The number of halogens is 2. The highest BCUT2D eigenvalue weighted by Crippen LogP contribution is 2.30. The van der Waals surface area contributed by atoms with E-state index in [4.69, 9.17) is 4.74 Å². The van der Waals surface area contributed by atoms with E-state index in [1.54, 1.807) is 0 Å². The van der Waals surface area contributed by atoms with Crippen molar-refractivity contribution in [3.8, 4) is 0 Å². The molecular weight excluding hydrogens is 534 g/mol. The van der Waals surface area contributed by atoms with E-state index in [1.807, 2.05) is 31.2 Å². The molecule has 3 heterocycles. The van der Waals surface area contributed by atoms with Gasteiger partial charge in [-0.15, -0.1) is 0 Å². The van der Waals surface area contributed by atoms with Gasteiger partial charge in [0.2, 0.25) is 0 Å². The lowest BCUT2D eigenvalue weighted by molar-refractivity contribution is 0.0664. The summed E-state index contributed by atoms with van der Waals surface area (Å²) in [5, 5.41) is 3.10. The van der Waals surface area contributed by atoms with E-state index in [0.717, 1.165) is 92.7 Å². The lowest BCUT2D eigenvalue weighted by Crippen LogP contribution is -2.44. The summed E-state index contributed by atoms with van der Waals surface area (Å²) in [6.45, 7) is 7.90. The molecule has 3 aliphatic heterocycles. The number of rotatable bonds is 6. The van der Waals surface area contributed by atoms with Gasteiger partial charge in [0.1, 0.15) is 17.5 Å². The van der Waals surface area contributed by atoms with Crippen LogP contribution in [-0.2, 0) is 17.7 Å². The van der Waals surface area contributed by atoms with Crippen LogP contribution >= 0.6 is 0 Å². The second kappa shape index (κ2) is 12.3. The lowest BCUT2D eigenvalue weighted by Gasteiger charge is -2.34. The average molecular weight is 573 g/mol. The topological polar surface area (TPSA) is 57.2 Å². The molecule has 0 bridgehead atoms. The molecule has 0 aliphatic carbocycles. The molecule has 2 fully saturated rings. The summed E-state index contributed by atoms with van der Waals surface area (Å²) >= 11 is 0. The SMILES string of the molecule is CC(c1cc(F)cc(F)c1)c1ccc2c(c1)C(NC(=O)c1ccc(N3CCN(C)CC3)cc1CC1CCOCC1)=NC2. The fourth-order valence-corrected chi connectivity index (χ4v) is 6.26. The maximum Gasteiger partial charge on any atom is 0.257 e. The molecule has 1 atom stereocenters. The van der Waals surface area contributed by atoms with Crippen LogP contribution in [0.1, 0.15) is 63.9 Å². The van der Waals surface area contributed by atoms with Crippen molar-refractivity contribution < 1.29 is 18.3 Å². The van der Waals surface area contributed by atoms with Gasteiger partial charge in [-0.2, -0.15) is 0 Å². The van der Waals surface area contributed by atoms with E-state index < -0.39 is 11.6 Å². The molecule has 1 unspecified atom stereocenters. The van der Waals surface area contributed by atoms with Crippen molar-refractivity contribution in [2.45, 2.75) is 38.6 Å². The second-order valence-corrected chi connectivity index (χ2v) is 11.9. The van der Waals surface area contributed by atoms with E-state index in [1.165, 1.54) is 12.1 Å². The number of nitrogens with zero attached hydrogens (tertiary/aromatic N) is 3. The number of ether oxygens (including phenoxy) is 1. The molecule has 1 amide bonds. The van der Waals surface area contributed by atoms with E-state index in [9.17, 15) is 13.6 Å². The number of piperazine rings is 1. The number of benzene rings is 3. The Bertz CT molecular complexity index is 1470. The summed E-state index contributed by atoms with van der Waals surface area (Å²) in [5.74, 6) is -0.570. The third-order valence-corrected chi connectivity index (χ3v) is 8.96. The first kappa shape index (κ1) is 28.5. The molecule has 0 saturated carbocycles. The summed E-state index contributed by atoms with van der Waals surface area (Å²) in [6, 6.07) is 15.8. The molecule has 3 aromatic carbocycles. The van der Waals surface area contributed by atoms with Gasteiger partial charge in [0.25, 0.3) is 5.91 Å². The largest absolute Gasteiger partial charge is 0.381 e. The molecule has 220 valence electrons. The van der Waals surface area contributed by atoms with Gasteiger partial charge < -0.3 is 19.9 Å². The van der Waals surface area contributed by atoms with Gasteiger partial charge >= 0.3 is 0 Å². The molecule has 8 heteroatoms. The number of hydrogen-bond acceptors (Lipinski definition) is 5. The molecule has 3 aliphatic rings. The fraction of sp³-hybridized carbons (Fsp3) is 0.412. The molecule has 42 heavy (non-hydrogen) atoms. The lowest BCUT2D eigenvalue weighted by atomic mass is 9.89. The molecule has 2 saturated heterocycles. The van der Waals surface area contributed by atoms with Crippen LogP contribution < -0.4 is 10.2 Å². The van der Waals surface area contributed by atoms with Crippen molar-refractivity contribution in [2.24, 2.45) is 10.9 Å². The molecular formula is C34H38F2N4O2. The Balaban J connectivity index is 1.24. The van der Waals surface area contributed by atoms with Gasteiger partial charge in [-0.05, 0) is 90.9 Å². The Morgan fingerprint density at radius 3 is 2.45 bits per heavy atom. The quantitative estimate of drug-likeness (QED) is 0.422. The summed E-state index contributed by atoms with van der Waals surface area (Å²) < 4.78 is 33.4. The minimum atomic E-state index is -0.595. The molecule has 0 radical (unpaired) electrons. The van der Waals surface area contributed by atoms with Gasteiger partial charge in [-0.1, -0.05) is 19.1 Å². The monoisotopic (exact) mass is 572 g/mol. The Kier molecular flexibility index (Phi) is 8.36. The summed E-state index contributed by atoms with van der Waals surface area (Å²) in [5.41, 5.74) is 6.23. The smallest absolute Gasteiger partial charge is 0.257 e. The van der Waals surface area contributed by atoms with E-state index in [-0.39, 0.29) is 11.8 Å². The summed E-state index contributed by atoms with van der Waals surface area (Å²) in [6.07, 6.45) is 2.83. The standard InChI is InChI=1S/C34H38F2N4O2/c1-22(26-16-28(35)20-29(36)17-26)24-3-4-25-21-37-33(32(25)19-24)38-34(41)31-6-5-30(40-11-9-39(2)10-12-40)18-27(31)15-23-7-13-42-14-8-23/h3-6,16-20,22-23H,7-15,21H2,1-2H3,(H,37,38,41). The minimum absolute atomic E-state index is 0.167. The zero-order chi connectivity index (χ0) is 29.2. The van der Waals surface area contributed by atoms with Crippen LogP contribution in [0.3, 0.4) is 0 Å². The summed E-state index contributed by atoms with van der Waals surface area (Å²) in [4.78, 5) is 23.2. The van der Waals surface area contributed by atoms with Crippen molar-refractivity contribution in [3.05, 3.63) is 99.6 Å². The van der Waals surface area contributed by atoms with E-state index in [2.05, 4.69) is 39.3 Å². The molecule has 0 aromatic heterocycles. The minimum Gasteiger partial charge on any atom is -0.381 e. The third kappa shape index (κ3) is 6.25. The first-order valence-corrected chi connectivity index (χ1v) is 14.9. The van der Waals surface area contributed by atoms with Crippen molar-refractivity contribution in [1.29, 1.82) is 0 Å². The first-order chi connectivity index (χ1) is 20.3. The number of fused-ring (bicyclic) bond motifs is 1. The van der Waals surface area contributed by atoms with Gasteiger partial charge in [-0.25, -0.2) is 8.78 Å². The zero-order valence-electron chi connectivity index (χ0n) is 24.3. The van der Waals surface area contributed by atoms with Crippen LogP contribution in [-0.4, -0.2) is 63.1 Å². The highest BCUT2D eigenvalue weighted by molar-refractivity contribution is 6.14. The maximum absolute atomic E-state index is 13.9. The Morgan fingerprint density at radius 2 is 1.71 bits per heavy atom.